The molecule has 112 valence electrons. The molecule has 1 saturated heterocycles. The summed E-state index contributed by atoms with van der Waals surface area (Å²) < 4.78 is 6.78. The van der Waals surface area contributed by atoms with Crippen molar-refractivity contribution >= 4 is 21.6 Å². The quantitative estimate of drug-likeness (QED) is 0.801. The van der Waals surface area contributed by atoms with Gasteiger partial charge >= 0.3 is 0 Å². The lowest BCUT2D eigenvalue weighted by Crippen LogP contribution is -2.45. The lowest BCUT2D eigenvalue weighted by Gasteiger charge is -2.37. The number of anilines is 1. The summed E-state index contributed by atoms with van der Waals surface area (Å²) in [5.74, 6) is 0. The van der Waals surface area contributed by atoms with Crippen LogP contribution in [0.4, 0.5) is 5.69 Å². The monoisotopic (exact) mass is 340 g/mol. The maximum absolute atomic E-state index is 5.59. The molecule has 0 spiro atoms. The maximum atomic E-state index is 5.59. The van der Waals surface area contributed by atoms with Gasteiger partial charge in [-0.2, -0.15) is 0 Å². The number of nitrogens with zero attached hydrogens (tertiary/aromatic N) is 1. The zero-order valence-electron chi connectivity index (χ0n) is 12.5. The summed E-state index contributed by atoms with van der Waals surface area (Å²) in [6.45, 7) is 9.06. The van der Waals surface area contributed by atoms with E-state index in [0.717, 1.165) is 39.3 Å². The number of hydrogen-bond acceptors (Lipinski definition) is 3. The smallest absolute Gasteiger partial charge is 0.0670 e. The fraction of sp³-hybridized carbons (Fsp3) is 0.625. The molecular formula is C16H25BrN2O. The Labute approximate surface area is 130 Å². The highest BCUT2D eigenvalue weighted by atomic mass is 79.9. The summed E-state index contributed by atoms with van der Waals surface area (Å²) in [6, 6.07) is 7.19. The minimum atomic E-state index is 0.490. The van der Waals surface area contributed by atoms with Crippen LogP contribution in [0.5, 0.6) is 0 Å². The minimum absolute atomic E-state index is 0.490. The molecule has 0 saturated carbocycles. The van der Waals surface area contributed by atoms with Crippen LogP contribution in [0.2, 0.25) is 0 Å². The third kappa shape index (κ3) is 3.96. The first-order chi connectivity index (χ1) is 9.76. The van der Waals surface area contributed by atoms with Gasteiger partial charge in [0.2, 0.25) is 0 Å². The zero-order valence-corrected chi connectivity index (χ0v) is 14.1. The average Bonchev–Trinajstić information content (AvgIpc) is 2.48. The van der Waals surface area contributed by atoms with E-state index < -0.39 is 0 Å². The molecule has 4 heteroatoms. The molecule has 1 aromatic carbocycles. The summed E-state index contributed by atoms with van der Waals surface area (Å²) in [4.78, 5) is 2.47. The molecule has 1 fully saturated rings. The summed E-state index contributed by atoms with van der Waals surface area (Å²) in [5, 5.41) is 3.44. The lowest BCUT2D eigenvalue weighted by atomic mass is 10.1. The molecule has 1 unspecified atom stereocenters. The Morgan fingerprint density at radius 2 is 2.25 bits per heavy atom. The largest absolute Gasteiger partial charge is 0.377 e. The van der Waals surface area contributed by atoms with Crippen LogP contribution in [0.25, 0.3) is 0 Å². The number of hydrogen-bond donors (Lipinski definition) is 1. The van der Waals surface area contributed by atoms with E-state index in [1.54, 1.807) is 0 Å². The maximum Gasteiger partial charge on any atom is 0.0670 e. The molecular weight excluding hydrogens is 316 g/mol. The van der Waals surface area contributed by atoms with Gasteiger partial charge in [0, 0.05) is 17.6 Å². The minimum Gasteiger partial charge on any atom is -0.377 e. The second-order valence-electron chi connectivity index (χ2n) is 5.29. The number of rotatable bonds is 6. The van der Waals surface area contributed by atoms with Crippen molar-refractivity contribution in [2.24, 2.45) is 0 Å². The molecule has 0 radical (unpaired) electrons. The van der Waals surface area contributed by atoms with Crippen molar-refractivity contribution in [2.45, 2.75) is 39.3 Å². The molecule has 1 aliphatic heterocycles. The predicted molar refractivity (Wildman–Crippen MR) is 88.4 cm³/mol. The average molecular weight is 341 g/mol. The Kier molecular flexibility index (Phi) is 6.33. The number of benzene rings is 1. The molecule has 1 N–H and O–H groups in total. The Bertz CT molecular complexity index is 425. The molecule has 20 heavy (non-hydrogen) atoms. The van der Waals surface area contributed by atoms with E-state index in [2.05, 4.69) is 58.2 Å². The molecule has 0 amide bonds. The second kappa shape index (κ2) is 8.01. The molecule has 2 rings (SSSR count). The molecule has 0 aliphatic carbocycles. The number of halogens is 1. The van der Waals surface area contributed by atoms with E-state index in [0.29, 0.717) is 6.04 Å². The highest BCUT2D eigenvalue weighted by molar-refractivity contribution is 9.10. The second-order valence-corrected chi connectivity index (χ2v) is 6.15. The van der Waals surface area contributed by atoms with Crippen LogP contribution in [0, 0.1) is 0 Å². The third-order valence-corrected chi connectivity index (χ3v) is 4.41. The van der Waals surface area contributed by atoms with Gasteiger partial charge in [-0.05, 0) is 53.0 Å². The Hall–Kier alpha value is -0.580. The standard InChI is InChI=1S/C16H25BrN2O/c1-3-7-18-11-13-5-6-16(15(17)10-13)19-8-9-20-12-14(19)4-2/h5-6,10,14,18H,3-4,7-9,11-12H2,1-2H3. The molecule has 0 aromatic heterocycles. The molecule has 0 bridgehead atoms. The Morgan fingerprint density at radius 3 is 2.95 bits per heavy atom. The van der Waals surface area contributed by atoms with Crippen LogP contribution in [0.1, 0.15) is 32.3 Å². The fourth-order valence-corrected chi connectivity index (χ4v) is 3.27. The summed E-state index contributed by atoms with van der Waals surface area (Å²) in [7, 11) is 0. The van der Waals surface area contributed by atoms with E-state index >= 15 is 0 Å². The van der Waals surface area contributed by atoms with Crippen molar-refractivity contribution in [2.75, 3.05) is 31.2 Å². The van der Waals surface area contributed by atoms with Crippen LogP contribution in [0.15, 0.2) is 22.7 Å². The van der Waals surface area contributed by atoms with Crippen molar-refractivity contribution in [3.63, 3.8) is 0 Å². The van der Waals surface area contributed by atoms with Crippen LogP contribution in [-0.4, -0.2) is 32.3 Å². The van der Waals surface area contributed by atoms with Gasteiger partial charge in [0.15, 0.2) is 0 Å². The highest BCUT2D eigenvalue weighted by Gasteiger charge is 2.23. The van der Waals surface area contributed by atoms with Gasteiger partial charge in [-0.25, -0.2) is 0 Å². The Morgan fingerprint density at radius 1 is 1.40 bits per heavy atom. The van der Waals surface area contributed by atoms with Gasteiger partial charge in [-0.1, -0.05) is 19.9 Å². The highest BCUT2D eigenvalue weighted by Crippen LogP contribution is 2.30. The van der Waals surface area contributed by atoms with E-state index in [1.807, 2.05) is 0 Å². The van der Waals surface area contributed by atoms with E-state index in [9.17, 15) is 0 Å². The molecule has 1 heterocycles. The van der Waals surface area contributed by atoms with Crippen molar-refractivity contribution < 1.29 is 4.74 Å². The van der Waals surface area contributed by atoms with Crippen molar-refractivity contribution in [3.05, 3.63) is 28.2 Å². The van der Waals surface area contributed by atoms with Crippen molar-refractivity contribution in [1.82, 2.24) is 5.32 Å². The fourth-order valence-electron chi connectivity index (χ4n) is 2.61. The number of nitrogens with one attached hydrogen (secondary N) is 1. The van der Waals surface area contributed by atoms with Gasteiger partial charge in [-0.3, -0.25) is 0 Å². The van der Waals surface area contributed by atoms with Gasteiger partial charge in [0.25, 0.3) is 0 Å². The number of ether oxygens (including phenoxy) is 1. The summed E-state index contributed by atoms with van der Waals surface area (Å²) in [6.07, 6.45) is 2.29. The SMILES string of the molecule is CCCNCc1ccc(N2CCOCC2CC)c(Br)c1. The first kappa shape index (κ1) is 15.8. The normalized spacial score (nSPS) is 19.4. The van der Waals surface area contributed by atoms with Crippen LogP contribution < -0.4 is 10.2 Å². The van der Waals surface area contributed by atoms with E-state index in [1.165, 1.54) is 22.1 Å². The Balaban J connectivity index is 2.08. The third-order valence-electron chi connectivity index (χ3n) is 3.78. The van der Waals surface area contributed by atoms with Gasteiger partial charge in [0.1, 0.15) is 0 Å². The first-order valence-corrected chi connectivity index (χ1v) is 8.39. The van der Waals surface area contributed by atoms with Gasteiger partial charge < -0.3 is 15.0 Å². The van der Waals surface area contributed by atoms with Crippen molar-refractivity contribution in [3.8, 4) is 0 Å². The van der Waals surface area contributed by atoms with Crippen LogP contribution in [0.3, 0.4) is 0 Å². The first-order valence-electron chi connectivity index (χ1n) is 7.59. The molecule has 1 aliphatic rings. The molecule has 3 nitrogen and oxygen atoms in total. The molecule has 1 aromatic rings. The van der Waals surface area contributed by atoms with Crippen LogP contribution >= 0.6 is 15.9 Å². The van der Waals surface area contributed by atoms with Gasteiger partial charge in [-0.15, -0.1) is 0 Å². The predicted octanol–water partition coefficient (Wildman–Crippen LogP) is 3.56. The number of morpholine rings is 1. The zero-order chi connectivity index (χ0) is 14.4. The molecule has 1 atom stereocenters. The van der Waals surface area contributed by atoms with Crippen molar-refractivity contribution in [1.29, 1.82) is 0 Å². The van der Waals surface area contributed by atoms with E-state index in [-0.39, 0.29) is 0 Å². The lowest BCUT2D eigenvalue weighted by molar-refractivity contribution is 0.0929. The van der Waals surface area contributed by atoms with E-state index in [4.69, 9.17) is 4.74 Å². The summed E-state index contributed by atoms with van der Waals surface area (Å²) >= 11 is 3.74. The van der Waals surface area contributed by atoms with Gasteiger partial charge in [0.05, 0.1) is 24.9 Å². The topological polar surface area (TPSA) is 24.5 Å². The summed E-state index contributed by atoms with van der Waals surface area (Å²) in [5.41, 5.74) is 2.62. The van der Waals surface area contributed by atoms with Crippen LogP contribution in [-0.2, 0) is 11.3 Å².